The van der Waals surface area contributed by atoms with Gasteiger partial charge in [-0.05, 0) is 13.8 Å². The maximum absolute atomic E-state index is 11.3. The molecular formula is C15H21NaO10. The Kier molecular flexibility index (Phi) is 9.92. The summed E-state index contributed by atoms with van der Waals surface area (Å²) in [6.07, 6.45) is -5.75. The normalized spacial score (nSPS) is 23.3. The van der Waals surface area contributed by atoms with Gasteiger partial charge in [0, 0.05) is 20.3 Å². The van der Waals surface area contributed by atoms with E-state index in [1.807, 2.05) is 0 Å². The second kappa shape index (κ2) is 10.3. The molecule has 11 heteroatoms. The molecule has 1 heterocycles. The molecular weight excluding hydrogens is 363 g/mol. The molecule has 142 valence electrons. The number of ketones is 1. The summed E-state index contributed by atoms with van der Waals surface area (Å²) in [6, 6.07) is 0. The van der Waals surface area contributed by atoms with Crippen molar-refractivity contribution in [3.05, 3.63) is 0 Å². The first kappa shape index (κ1) is 25.0. The van der Waals surface area contributed by atoms with Gasteiger partial charge in [0.2, 0.25) is 0 Å². The van der Waals surface area contributed by atoms with Crippen molar-refractivity contribution in [3.63, 3.8) is 0 Å². The van der Waals surface area contributed by atoms with E-state index in [0.29, 0.717) is 0 Å². The molecule has 1 fully saturated rings. The van der Waals surface area contributed by atoms with E-state index in [1.54, 1.807) is 0 Å². The molecule has 0 bridgehead atoms. The summed E-state index contributed by atoms with van der Waals surface area (Å²) < 4.78 is 21.0. The summed E-state index contributed by atoms with van der Waals surface area (Å²) in [6.45, 7) is 4.96. The minimum absolute atomic E-state index is 0. The SMILES string of the molecule is CC(=O)OC[C@@H](OC(C)=O)[C@H]1OC(C)(C)O[C@@H]1[C@@H](O)CC(=O)C(=O)[O-].[Na+]. The van der Waals surface area contributed by atoms with E-state index in [4.69, 9.17) is 18.9 Å². The second-order valence-electron chi connectivity index (χ2n) is 6.00. The van der Waals surface area contributed by atoms with Crippen LogP contribution in [0, 0.1) is 0 Å². The fourth-order valence-corrected chi connectivity index (χ4v) is 2.40. The van der Waals surface area contributed by atoms with Gasteiger partial charge >= 0.3 is 41.5 Å². The number of esters is 2. The molecule has 0 unspecified atom stereocenters. The number of carbonyl (C=O) groups is 4. The van der Waals surface area contributed by atoms with Crippen molar-refractivity contribution in [3.8, 4) is 0 Å². The molecule has 26 heavy (non-hydrogen) atoms. The van der Waals surface area contributed by atoms with Crippen molar-refractivity contribution < 1.29 is 77.9 Å². The molecule has 0 amide bonds. The number of carboxylic acids is 1. The van der Waals surface area contributed by atoms with Gasteiger partial charge in [-0.15, -0.1) is 0 Å². The van der Waals surface area contributed by atoms with E-state index in [9.17, 15) is 29.4 Å². The Hall–Kier alpha value is -1.04. The quantitative estimate of drug-likeness (QED) is 0.245. The summed E-state index contributed by atoms with van der Waals surface area (Å²) in [5.41, 5.74) is 0. The van der Waals surface area contributed by atoms with Crippen molar-refractivity contribution in [1.82, 2.24) is 0 Å². The molecule has 0 aromatic carbocycles. The third-order valence-corrected chi connectivity index (χ3v) is 3.30. The molecule has 0 radical (unpaired) electrons. The Morgan fingerprint density at radius 3 is 2.12 bits per heavy atom. The van der Waals surface area contributed by atoms with E-state index in [-0.39, 0.29) is 36.2 Å². The van der Waals surface area contributed by atoms with Gasteiger partial charge in [-0.2, -0.15) is 0 Å². The Bertz CT molecular complexity index is 547. The van der Waals surface area contributed by atoms with Crippen LogP contribution in [0.2, 0.25) is 0 Å². The van der Waals surface area contributed by atoms with E-state index < -0.39 is 60.3 Å². The summed E-state index contributed by atoms with van der Waals surface area (Å²) in [5, 5.41) is 20.7. The van der Waals surface area contributed by atoms with Crippen LogP contribution in [0.4, 0.5) is 0 Å². The standard InChI is InChI=1S/C15H22O10.Na/c1-7(16)22-6-11(23-8(2)17)13-12(24-15(3,4)25-13)9(18)5-10(19)14(20)21;/h9,11-13,18H,5-6H2,1-4H3,(H,20,21);/q;+1/p-1/t9-,11+,12+,13+;/m0./s1. The maximum atomic E-state index is 11.3. The monoisotopic (exact) mass is 384 g/mol. The molecule has 10 nitrogen and oxygen atoms in total. The van der Waals surface area contributed by atoms with E-state index >= 15 is 0 Å². The number of aliphatic hydroxyl groups excluding tert-OH is 1. The Morgan fingerprint density at radius 2 is 1.65 bits per heavy atom. The first-order valence-corrected chi connectivity index (χ1v) is 7.51. The average Bonchev–Trinajstić information content (AvgIpc) is 2.78. The summed E-state index contributed by atoms with van der Waals surface area (Å²) in [4.78, 5) is 44.1. The molecule has 0 saturated carbocycles. The minimum Gasteiger partial charge on any atom is -0.542 e. The number of carboxylic acid groups (broad SMARTS) is 1. The zero-order chi connectivity index (χ0) is 19.4. The van der Waals surface area contributed by atoms with Crippen LogP contribution >= 0.6 is 0 Å². The molecule has 1 rings (SSSR count). The molecule has 1 saturated heterocycles. The van der Waals surface area contributed by atoms with Crippen LogP contribution in [-0.2, 0) is 38.1 Å². The Balaban J connectivity index is 0.00000625. The summed E-state index contributed by atoms with van der Waals surface area (Å²) in [5.74, 6) is -5.78. The molecule has 0 aromatic rings. The molecule has 4 atom stereocenters. The van der Waals surface area contributed by atoms with Crippen molar-refractivity contribution in [2.75, 3.05) is 6.61 Å². The molecule has 1 aliphatic heterocycles. The fourth-order valence-electron chi connectivity index (χ4n) is 2.40. The zero-order valence-corrected chi connectivity index (χ0v) is 17.3. The third-order valence-electron chi connectivity index (χ3n) is 3.30. The van der Waals surface area contributed by atoms with Crippen molar-refractivity contribution in [2.24, 2.45) is 0 Å². The predicted octanol–water partition coefficient (Wildman–Crippen LogP) is -4.92. The van der Waals surface area contributed by atoms with E-state index in [2.05, 4.69) is 0 Å². The molecule has 0 spiro atoms. The number of rotatable bonds is 8. The number of Topliss-reactive ketones (excluding diaryl/α,β-unsaturated/α-hetero) is 1. The summed E-state index contributed by atoms with van der Waals surface area (Å²) >= 11 is 0. The van der Waals surface area contributed by atoms with Crippen molar-refractivity contribution in [2.45, 2.75) is 64.3 Å². The number of ether oxygens (including phenoxy) is 4. The third kappa shape index (κ3) is 7.68. The molecule has 0 aromatic heterocycles. The predicted molar refractivity (Wildman–Crippen MR) is 76.6 cm³/mol. The van der Waals surface area contributed by atoms with Gasteiger partial charge in [0.1, 0.15) is 24.8 Å². The van der Waals surface area contributed by atoms with Crippen molar-refractivity contribution in [1.29, 1.82) is 0 Å². The second-order valence-corrected chi connectivity index (χ2v) is 6.00. The number of hydrogen-bond donors (Lipinski definition) is 1. The number of aliphatic hydroxyl groups is 1. The minimum atomic E-state index is -1.94. The zero-order valence-electron chi connectivity index (χ0n) is 15.3. The van der Waals surface area contributed by atoms with Crippen molar-refractivity contribution >= 4 is 23.7 Å². The first-order chi connectivity index (χ1) is 11.4. The van der Waals surface area contributed by atoms with Crippen LogP contribution in [0.5, 0.6) is 0 Å². The van der Waals surface area contributed by atoms with Gasteiger partial charge in [-0.1, -0.05) is 0 Å². The van der Waals surface area contributed by atoms with Crippen LogP contribution < -0.4 is 34.7 Å². The van der Waals surface area contributed by atoms with E-state index in [1.165, 1.54) is 13.8 Å². The topological polar surface area (TPSA) is 148 Å². The molecule has 1 N–H and O–H groups in total. The first-order valence-electron chi connectivity index (χ1n) is 7.51. The molecule has 1 aliphatic rings. The maximum Gasteiger partial charge on any atom is 1.00 e. The van der Waals surface area contributed by atoms with Crippen LogP contribution in [0.15, 0.2) is 0 Å². The van der Waals surface area contributed by atoms with E-state index in [0.717, 1.165) is 13.8 Å². The fraction of sp³-hybridized carbons (Fsp3) is 0.733. The summed E-state index contributed by atoms with van der Waals surface area (Å²) in [7, 11) is 0. The largest absolute Gasteiger partial charge is 1.00 e. The van der Waals surface area contributed by atoms with Gasteiger partial charge in [0.05, 0.1) is 6.10 Å². The molecule has 0 aliphatic carbocycles. The van der Waals surface area contributed by atoms with Gasteiger partial charge in [0.25, 0.3) is 0 Å². The van der Waals surface area contributed by atoms with Gasteiger partial charge < -0.3 is 34.0 Å². The van der Waals surface area contributed by atoms with Gasteiger partial charge in [0.15, 0.2) is 17.7 Å². The average molecular weight is 384 g/mol. The number of carbonyl (C=O) groups excluding carboxylic acids is 4. The number of aliphatic carboxylic acids is 1. The Labute approximate surface area is 172 Å². The Morgan fingerprint density at radius 1 is 1.12 bits per heavy atom. The van der Waals surface area contributed by atoms with Gasteiger partial charge in [-0.3, -0.25) is 14.4 Å². The van der Waals surface area contributed by atoms with Gasteiger partial charge in [-0.25, -0.2) is 0 Å². The smallest absolute Gasteiger partial charge is 0.542 e. The number of hydrogen-bond acceptors (Lipinski definition) is 10. The van der Waals surface area contributed by atoms with Crippen LogP contribution in [0.3, 0.4) is 0 Å². The van der Waals surface area contributed by atoms with Crippen LogP contribution in [0.25, 0.3) is 0 Å². The van der Waals surface area contributed by atoms with Crippen LogP contribution in [0.1, 0.15) is 34.1 Å². The van der Waals surface area contributed by atoms with Crippen LogP contribution in [-0.4, -0.2) is 65.6 Å².